The lowest BCUT2D eigenvalue weighted by molar-refractivity contribution is 0.281. The molecule has 0 saturated heterocycles. The average molecular weight is 302 g/mol. The first-order valence-electron chi connectivity index (χ1n) is 6.21. The first-order valence-corrected chi connectivity index (χ1v) is 7.65. The molecule has 0 radical (unpaired) electrons. The summed E-state index contributed by atoms with van der Waals surface area (Å²) in [5.74, 6) is 0.277. The molecular formula is C13H22N2O4S. The standard InChI is InChI=1S/C13H22N2O4S/c1-14(2)7-8-15(3)20(17,18)13-9-11(10-16)5-6-12(13)19-4/h5-6,9,16H,7-8,10H2,1-4H3. The summed E-state index contributed by atoms with van der Waals surface area (Å²) in [6.45, 7) is 0.785. The fraction of sp³-hybridized carbons (Fsp3) is 0.538. The van der Waals surface area contributed by atoms with Crippen LogP contribution in [0.4, 0.5) is 0 Å². The van der Waals surface area contributed by atoms with Crippen LogP contribution >= 0.6 is 0 Å². The normalized spacial score (nSPS) is 12.2. The van der Waals surface area contributed by atoms with Crippen LogP contribution in [-0.4, -0.2) is 64.1 Å². The number of aliphatic hydroxyl groups is 1. The van der Waals surface area contributed by atoms with Gasteiger partial charge in [-0.3, -0.25) is 0 Å². The molecule has 6 nitrogen and oxygen atoms in total. The van der Waals surface area contributed by atoms with Gasteiger partial charge in [0.1, 0.15) is 10.6 Å². The van der Waals surface area contributed by atoms with E-state index in [4.69, 9.17) is 9.84 Å². The third-order valence-corrected chi connectivity index (χ3v) is 4.84. The maximum Gasteiger partial charge on any atom is 0.246 e. The van der Waals surface area contributed by atoms with Crippen molar-refractivity contribution in [1.29, 1.82) is 0 Å². The Morgan fingerprint density at radius 1 is 1.20 bits per heavy atom. The maximum absolute atomic E-state index is 12.5. The Bertz CT molecular complexity index is 543. The Hall–Kier alpha value is -1.15. The van der Waals surface area contributed by atoms with E-state index in [1.807, 2.05) is 19.0 Å². The minimum Gasteiger partial charge on any atom is -0.495 e. The molecule has 114 valence electrons. The van der Waals surface area contributed by atoms with E-state index in [9.17, 15) is 8.42 Å². The van der Waals surface area contributed by atoms with Crippen molar-refractivity contribution in [3.8, 4) is 5.75 Å². The SMILES string of the molecule is COc1ccc(CO)cc1S(=O)(=O)N(C)CCN(C)C. The summed E-state index contributed by atoms with van der Waals surface area (Å²) < 4.78 is 31.5. The summed E-state index contributed by atoms with van der Waals surface area (Å²) in [7, 11) is 3.08. The van der Waals surface area contributed by atoms with Crippen molar-refractivity contribution < 1.29 is 18.3 Å². The fourth-order valence-electron chi connectivity index (χ4n) is 1.65. The number of hydrogen-bond donors (Lipinski definition) is 1. The highest BCUT2D eigenvalue weighted by atomic mass is 32.2. The number of aliphatic hydroxyl groups excluding tert-OH is 1. The van der Waals surface area contributed by atoms with Crippen LogP contribution in [0.3, 0.4) is 0 Å². The summed E-state index contributed by atoms with van der Waals surface area (Å²) in [6, 6.07) is 4.64. The van der Waals surface area contributed by atoms with Gasteiger partial charge >= 0.3 is 0 Å². The molecule has 0 bridgehead atoms. The highest BCUT2D eigenvalue weighted by molar-refractivity contribution is 7.89. The summed E-state index contributed by atoms with van der Waals surface area (Å²) in [5.41, 5.74) is 0.533. The molecule has 1 aromatic carbocycles. The minimum atomic E-state index is -3.64. The molecule has 0 heterocycles. The van der Waals surface area contributed by atoms with Gasteiger partial charge in [0.2, 0.25) is 10.0 Å². The number of methoxy groups -OCH3 is 1. The summed E-state index contributed by atoms with van der Waals surface area (Å²) in [4.78, 5) is 1.99. The van der Waals surface area contributed by atoms with E-state index in [1.54, 1.807) is 12.1 Å². The predicted molar refractivity (Wildman–Crippen MR) is 77.3 cm³/mol. The van der Waals surface area contributed by atoms with E-state index in [2.05, 4.69) is 0 Å². The van der Waals surface area contributed by atoms with Gasteiger partial charge in [-0.2, -0.15) is 4.31 Å². The van der Waals surface area contributed by atoms with Crippen molar-refractivity contribution in [3.63, 3.8) is 0 Å². The largest absolute Gasteiger partial charge is 0.495 e. The molecule has 1 N–H and O–H groups in total. The summed E-state index contributed by atoms with van der Waals surface area (Å²) >= 11 is 0. The Labute approximate surface area is 120 Å². The molecule has 0 aliphatic carbocycles. The highest BCUT2D eigenvalue weighted by Gasteiger charge is 2.25. The molecule has 0 aromatic heterocycles. The van der Waals surface area contributed by atoms with E-state index in [1.165, 1.54) is 24.5 Å². The molecule has 7 heteroatoms. The van der Waals surface area contributed by atoms with Crippen LogP contribution in [0.2, 0.25) is 0 Å². The first kappa shape index (κ1) is 16.9. The van der Waals surface area contributed by atoms with Crippen molar-refractivity contribution in [2.24, 2.45) is 0 Å². The molecule has 0 fully saturated rings. The Balaban J connectivity index is 3.13. The van der Waals surface area contributed by atoms with Gasteiger partial charge in [-0.15, -0.1) is 0 Å². The van der Waals surface area contributed by atoms with Gasteiger partial charge < -0.3 is 14.7 Å². The quantitative estimate of drug-likeness (QED) is 0.788. The second-order valence-electron chi connectivity index (χ2n) is 4.77. The molecule has 1 aromatic rings. The van der Waals surface area contributed by atoms with Gasteiger partial charge in [-0.25, -0.2) is 8.42 Å². The molecular weight excluding hydrogens is 280 g/mol. The highest BCUT2D eigenvalue weighted by Crippen LogP contribution is 2.27. The smallest absolute Gasteiger partial charge is 0.246 e. The third kappa shape index (κ3) is 3.92. The number of nitrogens with zero attached hydrogens (tertiary/aromatic N) is 2. The Kier molecular flexibility index (Phi) is 5.94. The molecule has 1 rings (SSSR count). The molecule has 0 spiro atoms. The lowest BCUT2D eigenvalue weighted by Gasteiger charge is -2.21. The molecule has 0 aliphatic heterocycles. The fourth-order valence-corrected chi connectivity index (χ4v) is 3.01. The topological polar surface area (TPSA) is 70.1 Å². The molecule has 0 unspecified atom stereocenters. The van der Waals surface area contributed by atoms with E-state index < -0.39 is 10.0 Å². The van der Waals surface area contributed by atoms with Crippen molar-refractivity contribution in [3.05, 3.63) is 23.8 Å². The van der Waals surface area contributed by atoms with Crippen LogP contribution in [0.1, 0.15) is 5.56 Å². The molecule has 0 amide bonds. The summed E-state index contributed by atoms with van der Waals surface area (Å²) in [5, 5.41) is 9.15. The lowest BCUT2D eigenvalue weighted by atomic mass is 10.2. The van der Waals surface area contributed by atoms with E-state index >= 15 is 0 Å². The van der Waals surface area contributed by atoms with Gasteiger partial charge in [0.15, 0.2) is 0 Å². The van der Waals surface area contributed by atoms with Gasteiger partial charge in [0, 0.05) is 20.1 Å². The van der Waals surface area contributed by atoms with E-state index in [-0.39, 0.29) is 17.3 Å². The zero-order chi connectivity index (χ0) is 15.3. The number of sulfonamides is 1. The van der Waals surface area contributed by atoms with Gasteiger partial charge in [-0.1, -0.05) is 6.07 Å². The molecule has 0 aliphatic rings. The van der Waals surface area contributed by atoms with Crippen LogP contribution in [-0.2, 0) is 16.6 Å². The van der Waals surface area contributed by atoms with Crippen molar-refractivity contribution in [2.45, 2.75) is 11.5 Å². The monoisotopic (exact) mass is 302 g/mol. The number of hydrogen-bond acceptors (Lipinski definition) is 5. The van der Waals surface area contributed by atoms with Gasteiger partial charge in [-0.05, 0) is 31.8 Å². The van der Waals surface area contributed by atoms with Gasteiger partial charge in [0.25, 0.3) is 0 Å². The van der Waals surface area contributed by atoms with Crippen LogP contribution in [0.25, 0.3) is 0 Å². The van der Waals surface area contributed by atoms with E-state index in [0.29, 0.717) is 18.7 Å². The molecule has 0 saturated carbocycles. The van der Waals surface area contributed by atoms with Crippen LogP contribution < -0.4 is 4.74 Å². The van der Waals surface area contributed by atoms with Crippen LogP contribution in [0.15, 0.2) is 23.1 Å². The maximum atomic E-state index is 12.5. The molecule has 20 heavy (non-hydrogen) atoms. The zero-order valence-electron chi connectivity index (χ0n) is 12.3. The second kappa shape index (κ2) is 7.03. The summed E-state index contributed by atoms with van der Waals surface area (Å²) in [6.07, 6.45) is 0. The Morgan fingerprint density at radius 2 is 1.85 bits per heavy atom. The van der Waals surface area contributed by atoms with E-state index in [0.717, 1.165) is 0 Å². The Morgan fingerprint density at radius 3 is 2.35 bits per heavy atom. The number of rotatable bonds is 7. The molecule has 0 atom stereocenters. The first-order chi connectivity index (χ1) is 9.32. The van der Waals surface area contributed by atoms with Crippen molar-refractivity contribution in [1.82, 2.24) is 9.21 Å². The predicted octanol–water partition coefficient (Wildman–Crippen LogP) is 0.370. The lowest BCUT2D eigenvalue weighted by Crippen LogP contribution is -2.33. The number of ether oxygens (including phenoxy) is 1. The van der Waals surface area contributed by atoms with Crippen LogP contribution in [0, 0.1) is 0 Å². The zero-order valence-corrected chi connectivity index (χ0v) is 13.1. The second-order valence-corrected chi connectivity index (χ2v) is 6.79. The van der Waals surface area contributed by atoms with Gasteiger partial charge in [0.05, 0.1) is 13.7 Å². The minimum absolute atomic E-state index is 0.0767. The van der Waals surface area contributed by atoms with Crippen molar-refractivity contribution >= 4 is 10.0 Å². The van der Waals surface area contributed by atoms with Crippen molar-refractivity contribution in [2.75, 3.05) is 41.3 Å². The average Bonchev–Trinajstić information content (AvgIpc) is 2.43. The third-order valence-electron chi connectivity index (χ3n) is 2.96. The number of benzene rings is 1. The number of likely N-dealkylation sites (N-methyl/N-ethyl adjacent to an activating group) is 2. The van der Waals surface area contributed by atoms with Crippen LogP contribution in [0.5, 0.6) is 5.75 Å².